The Bertz CT molecular complexity index is 717. The number of para-hydroxylation sites is 1. The largest absolute Gasteiger partial charge is 0.398 e. The quantitative estimate of drug-likeness (QED) is 0.853. The van der Waals surface area contributed by atoms with E-state index in [4.69, 9.17) is 28.9 Å². The summed E-state index contributed by atoms with van der Waals surface area (Å²) in [7, 11) is -3.80. The van der Waals surface area contributed by atoms with Gasteiger partial charge in [-0.3, -0.25) is 4.72 Å². The van der Waals surface area contributed by atoms with Crippen LogP contribution in [0.1, 0.15) is 0 Å². The van der Waals surface area contributed by atoms with E-state index in [-0.39, 0.29) is 21.3 Å². The smallest absolute Gasteiger partial charge is 0.263 e. The lowest BCUT2D eigenvalue weighted by Gasteiger charge is -2.11. The summed E-state index contributed by atoms with van der Waals surface area (Å²) in [5, 5.41) is 0.630. The van der Waals surface area contributed by atoms with Gasteiger partial charge in [0.05, 0.1) is 16.4 Å². The fourth-order valence-electron chi connectivity index (χ4n) is 1.50. The van der Waals surface area contributed by atoms with Crippen LogP contribution in [0.15, 0.2) is 47.4 Å². The molecule has 3 N–H and O–H groups in total. The Balaban J connectivity index is 2.43. The van der Waals surface area contributed by atoms with Crippen LogP contribution < -0.4 is 10.5 Å². The van der Waals surface area contributed by atoms with Gasteiger partial charge in [0, 0.05) is 5.02 Å². The van der Waals surface area contributed by atoms with E-state index < -0.39 is 10.0 Å². The normalized spacial score (nSPS) is 11.3. The zero-order chi connectivity index (χ0) is 14.0. The summed E-state index contributed by atoms with van der Waals surface area (Å²) in [5.41, 5.74) is 6.02. The molecular formula is C12H10Cl2N2O2S. The van der Waals surface area contributed by atoms with E-state index in [9.17, 15) is 8.42 Å². The van der Waals surface area contributed by atoms with E-state index in [1.807, 2.05) is 0 Å². The first kappa shape index (κ1) is 14.0. The van der Waals surface area contributed by atoms with Crippen molar-refractivity contribution in [3.8, 4) is 0 Å². The van der Waals surface area contributed by atoms with Gasteiger partial charge in [-0.15, -0.1) is 0 Å². The van der Waals surface area contributed by atoms with Gasteiger partial charge in [0.25, 0.3) is 10.0 Å². The van der Waals surface area contributed by atoms with E-state index >= 15 is 0 Å². The molecule has 0 aliphatic rings. The number of nitrogens with one attached hydrogen (secondary N) is 1. The molecule has 0 fully saturated rings. The molecule has 0 aliphatic heterocycles. The summed E-state index contributed by atoms with van der Waals surface area (Å²) in [6, 6.07) is 10.7. The molecule has 2 aromatic rings. The van der Waals surface area contributed by atoms with E-state index in [1.165, 1.54) is 24.3 Å². The molecule has 0 amide bonds. The zero-order valence-corrected chi connectivity index (χ0v) is 11.9. The van der Waals surface area contributed by atoms with Gasteiger partial charge in [-0.05, 0) is 30.3 Å². The molecule has 0 aromatic heterocycles. The lowest BCUT2D eigenvalue weighted by Crippen LogP contribution is -2.15. The van der Waals surface area contributed by atoms with Crippen molar-refractivity contribution in [3.63, 3.8) is 0 Å². The third-order valence-corrected chi connectivity index (χ3v) is 4.39. The minimum Gasteiger partial charge on any atom is -0.398 e. The first-order chi connectivity index (χ1) is 8.90. The predicted molar refractivity (Wildman–Crippen MR) is 78.1 cm³/mol. The van der Waals surface area contributed by atoms with Crippen molar-refractivity contribution in [1.82, 2.24) is 0 Å². The van der Waals surface area contributed by atoms with Crippen LogP contribution in [0.25, 0.3) is 0 Å². The highest BCUT2D eigenvalue weighted by Crippen LogP contribution is 2.28. The summed E-state index contributed by atoms with van der Waals surface area (Å²) in [5.74, 6) is 0. The number of hydrogen-bond acceptors (Lipinski definition) is 3. The molecule has 0 radical (unpaired) electrons. The number of nitrogen functional groups attached to an aromatic ring is 1. The molecule has 0 spiro atoms. The van der Waals surface area contributed by atoms with Crippen LogP contribution in [-0.2, 0) is 10.0 Å². The van der Waals surface area contributed by atoms with Crippen molar-refractivity contribution in [2.75, 3.05) is 10.5 Å². The van der Waals surface area contributed by atoms with Crippen LogP contribution in [0.5, 0.6) is 0 Å². The topological polar surface area (TPSA) is 72.2 Å². The number of rotatable bonds is 3. The molecule has 0 unspecified atom stereocenters. The average Bonchev–Trinajstić information content (AvgIpc) is 2.34. The fraction of sp³-hybridized carbons (Fsp3) is 0. The Kier molecular flexibility index (Phi) is 3.89. The van der Waals surface area contributed by atoms with Gasteiger partial charge in [-0.2, -0.15) is 0 Å². The maximum absolute atomic E-state index is 12.2. The zero-order valence-electron chi connectivity index (χ0n) is 9.60. The molecule has 0 heterocycles. The number of halogens is 2. The Hall–Kier alpha value is -1.43. The Morgan fingerprint density at radius 2 is 1.74 bits per heavy atom. The molecule has 0 saturated carbocycles. The molecule has 2 rings (SSSR count). The summed E-state index contributed by atoms with van der Waals surface area (Å²) in [6.07, 6.45) is 0. The molecule has 4 nitrogen and oxygen atoms in total. The Morgan fingerprint density at radius 1 is 1.05 bits per heavy atom. The molecule has 2 aromatic carbocycles. The van der Waals surface area contributed by atoms with E-state index in [0.717, 1.165) is 0 Å². The van der Waals surface area contributed by atoms with Gasteiger partial charge < -0.3 is 5.73 Å². The number of anilines is 2. The number of sulfonamides is 1. The van der Waals surface area contributed by atoms with Crippen molar-refractivity contribution in [2.24, 2.45) is 0 Å². The van der Waals surface area contributed by atoms with Gasteiger partial charge in [0.15, 0.2) is 0 Å². The fourth-order valence-corrected chi connectivity index (χ4v) is 3.10. The molecule has 0 atom stereocenters. The van der Waals surface area contributed by atoms with Crippen molar-refractivity contribution < 1.29 is 8.42 Å². The van der Waals surface area contributed by atoms with Crippen molar-refractivity contribution >= 4 is 44.6 Å². The standard InChI is InChI=1S/C12H10Cl2N2O2S/c13-8-5-6-9(14)11(7-8)16-19(17,18)12-4-2-1-3-10(12)15/h1-7,16H,15H2. The maximum Gasteiger partial charge on any atom is 0.263 e. The second-order valence-corrected chi connectivity index (χ2v) is 6.26. The van der Waals surface area contributed by atoms with Gasteiger partial charge in [-0.25, -0.2) is 8.42 Å². The van der Waals surface area contributed by atoms with Gasteiger partial charge in [0.2, 0.25) is 0 Å². The Morgan fingerprint density at radius 3 is 2.42 bits per heavy atom. The lowest BCUT2D eigenvalue weighted by molar-refractivity contribution is 0.601. The highest BCUT2D eigenvalue weighted by Gasteiger charge is 2.18. The minimum atomic E-state index is -3.80. The predicted octanol–water partition coefficient (Wildman–Crippen LogP) is 3.38. The van der Waals surface area contributed by atoms with Gasteiger partial charge in [0.1, 0.15) is 4.90 Å². The number of hydrogen-bond donors (Lipinski definition) is 2. The molecule has 19 heavy (non-hydrogen) atoms. The summed E-state index contributed by atoms with van der Waals surface area (Å²) >= 11 is 11.7. The van der Waals surface area contributed by atoms with Crippen LogP contribution in [0, 0.1) is 0 Å². The van der Waals surface area contributed by atoms with Crippen molar-refractivity contribution in [2.45, 2.75) is 4.90 Å². The monoisotopic (exact) mass is 316 g/mol. The third-order valence-electron chi connectivity index (χ3n) is 2.38. The molecule has 0 bridgehead atoms. The van der Waals surface area contributed by atoms with E-state index in [1.54, 1.807) is 18.2 Å². The molecule has 100 valence electrons. The highest BCUT2D eigenvalue weighted by atomic mass is 35.5. The summed E-state index contributed by atoms with van der Waals surface area (Å²) in [6.45, 7) is 0. The Labute approximate surface area is 121 Å². The van der Waals surface area contributed by atoms with Gasteiger partial charge >= 0.3 is 0 Å². The van der Waals surface area contributed by atoms with Crippen molar-refractivity contribution in [3.05, 3.63) is 52.5 Å². The maximum atomic E-state index is 12.2. The van der Waals surface area contributed by atoms with E-state index in [2.05, 4.69) is 4.72 Å². The first-order valence-corrected chi connectivity index (χ1v) is 7.46. The minimum absolute atomic E-state index is 0.00829. The first-order valence-electron chi connectivity index (χ1n) is 5.22. The van der Waals surface area contributed by atoms with E-state index in [0.29, 0.717) is 5.02 Å². The van der Waals surface area contributed by atoms with Crippen molar-refractivity contribution in [1.29, 1.82) is 0 Å². The lowest BCUT2D eigenvalue weighted by atomic mass is 10.3. The molecule has 0 aliphatic carbocycles. The van der Waals surface area contributed by atoms with Crippen LogP contribution in [0.2, 0.25) is 10.0 Å². The highest BCUT2D eigenvalue weighted by molar-refractivity contribution is 7.92. The van der Waals surface area contributed by atoms with Crippen LogP contribution in [0.4, 0.5) is 11.4 Å². The molecular weight excluding hydrogens is 307 g/mol. The SMILES string of the molecule is Nc1ccccc1S(=O)(=O)Nc1cc(Cl)ccc1Cl. The van der Waals surface area contributed by atoms with Crippen LogP contribution in [-0.4, -0.2) is 8.42 Å². The van der Waals surface area contributed by atoms with Crippen LogP contribution in [0.3, 0.4) is 0 Å². The number of benzene rings is 2. The second-order valence-electron chi connectivity index (χ2n) is 3.77. The van der Waals surface area contributed by atoms with Crippen LogP contribution >= 0.6 is 23.2 Å². The number of nitrogens with two attached hydrogens (primary N) is 1. The summed E-state index contributed by atoms with van der Waals surface area (Å²) < 4.78 is 26.7. The molecule has 7 heteroatoms. The molecule has 0 saturated heterocycles. The average molecular weight is 317 g/mol. The summed E-state index contributed by atoms with van der Waals surface area (Å²) in [4.78, 5) is -0.00829. The van der Waals surface area contributed by atoms with Gasteiger partial charge in [-0.1, -0.05) is 35.3 Å². The third kappa shape index (κ3) is 3.12. The second kappa shape index (κ2) is 5.28.